The molecular weight excluding hydrogens is 372 g/mol. The Hall–Kier alpha value is -2.79. The van der Waals surface area contributed by atoms with Gasteiger partial charge in [-0.15, -0.1) is 0 Å². The predicted molar refractivity (Wildman–Crippen MR) is 112 cm³/mol. The molecule has 2 heterocycles. The maximum Gasteiger partial charge on any atom is 0.257 e. The summed E-state index contributed by atoms with van der Waals surface area (Å²) in [6.45, 7) is 5.24. The molecule has 1 aliphatic rings. The summed E-state index contributed by atoms with van der Waals surface area (Å²) in [5.41, 5.74) is 4.33. The number of rotatable bonds is 5. The van der Waals surface area contributed by atoms with Crippen molar-refractivity contribution in [2.24, 2.45) is 0 Å². The number of nitrogens with one attached hydrogen (secondary N) is 1. The number of carbonyl (C=O) groups is 1. The summed E-state index contributed by atoms with van der Waals surface area (Å²) in [6, 6.07) is 17.7. The number of para-hydroxylation sites is 1. The summed E-state index contributed by atoms with van der Waals surface area (Å²) in [5, 5.41) is 8.73. The summed E-state index contributed by atoms with van der Waals surface area (Å²) in [5.74, 6) is 0.0208. The summed E-state index contributed by atoms with van der Waals surface area (Å²) in [4.78, 5) is 15.0. The van der Waals surface area contributed by atoms with Crippen molar-refractivity contribution < 1.29 is 4.79 Å². The van der Waals surface area contributed by atoms with Gasteiger partial charge in [-0.05, 0) is 31.0 Å². The van der Waals surface area contributed by atoms with E-state index in [9.17, 15) is 4.79 Å². The van der Waals surface area contributed by atoms with E-state index in [-0.39, 0.29) is 12.1 Å². The van der Waals surface area contributed by atoms with Gasteiger partial charge in [0.25, 0.3) is 5.91 Å². The number of benzene rings is 2. The molecule has 1 aliphatic heterocycles. The molecule has 6 heteroatoms. The number of amides is 1. The summed E-state index contributed by atoms with van der Waals surface area (Å²) in [6.07, 6.45) is 0.528. The van der Waals surface area contributed by atoms with E-state index in [0.29, 0.717) is 23.8 Å². The number of carbonyl (C=O) groups excluding carboxylic acids is 1. The van der Waals surface area contributed by atoms with Crippen LogP contribution in [0.5, 0.6) is 0 Å². The van der Waals surface area contributed by atoms with Crippen molar-refractivity contribution in [2.45, 2.75) is 33.0 Å². The molecular formula is C22H23ClN4O. The maximum atomic E-state index is 13.1. The minimum absolute atomic E-state index is 0.0208. The van der Waals surface area contributed by atoms with Gasteiger partial charge in [0.15, 0.2) is 0 Å². The lowest BCUT2D eigenvalue weighted by atomic mass is 10.0. The van der Waals surface area contributed by atoms with Crippen molar-refractivity contribution in [1.29, 1.82) is 0 Å². The van der Waals surface area contributed by atoms with Crippen molar-refractivity contribution in [1.82, 2.24) is 14.7 Å². The molecule has 0 fully saturated rings. The number of hydrogen-bond donors (Lipinski definition) is 1. The topological polar surface area (TPSA) is 50.2 Å². The first kappa shape index (κ1) is 18.6. The van der Waals surface area contributed by atoms with E-state index in [1.807, 2.05) is 54.3 Å². The van der Waals surface area contributed by atoms with Crippen molar-refractivity contribution in [3.63, 3.8) is 0 Å². The second-order valence-corrected chi connectivity index (χ2v) is 7.38. The second-order valence-electron chi connectivity index (χ2n) is 7.02. The molecule has 0 saturated heterocycles. The average molecular weight is 395 g/mol. The zero-order valence-corrected chi connectivity index (χ0v) is 16.8. The molecule has 144 valence electrons. The zero-order valence-electron chi connectivity index (χ0n) is 16.0. The number of hydrogen-bond acceptors (Lipinski definition) is 3. The van der Waals surface area contributed by atoms with Crippen LogP contribution >= 0.6 is 11.6 Å². The van der Waals surface area contributed by atoms with Crippen LogP contribution in [-0.2, 0) is 6.54 Å². The third-order valence-corrected chi connectivity index (χ3v) is 5.44. The highest BCUT2D eigenvalue weighted by Gasteiger charge is 2.35. The molecule has 28 heavy (non-hydrogen) atoms. The van der Waals surface area contributed by atoms with Gasteiger partial charge in [-0.1, -0.05) is 61.0 Å². The summed E-state index contributed by atoms with van der Waals surface area (Å²) >= 11 is 6.78. The van der Waals surface area contributed by atoms with Gasteiger partial charge in [0.1, 0.15) is 11.3 Å². The molecule has 4 rings (SSSR count). The highest BCUT2D eigenvalue weighted by Crippen LogP contribution is 2.37. The van der Waals surface area contributed by atoms with Gasteiger partial charge in [0, 0.05) is 12.2 Å². The lowest BCUT2D eigenvalue weighted by molar-refractivity contribution is 0.0683. The number of nitrogens with zero attached hydrogens (tertiary/aromatic N) is 3. The highest BCUT2D eigenvalue weighted by atomic mass is 35.5. The van der Waals surface area contributed by atoms with Crippen LogP contribution in [0, 0.1) is 6.92 Å². The Morgan fingerprint density at radius 3 is 2.57 bits per heavy atom. The van der Waals surface area contributed by atoms with Crippen LogP contribution in [0.1, 0.15) is 46.7 Å². The van der Waals surface area contributed by atoms with Crippen molar-refractivity contribution in [3.05, 3.63) is 82.1 Å². The monoisotopic (exact) mass is 394 g/mol. The SMILES string of the molecule is CCCN1C(=O)c2ccccc2N[C@@H]1c1c(C)nn(Cc2ccccc2)c1Cl. The van der Waals surface area contributed by atoms with Gasteiger partial charge in [-0.2, -0.15) is 5.10 Å². The molecule has 1 aromatic heterocycles. The maximum absolute atomic E-state index is 13.1. The van der Waals surface area contributed by atoms with Crippen molar-refractivity contribution in [3.8, 4) is 0 Å². The Labute approximate surface area is 169 Å². The Kier molecular flexibility index (Phi) is 5.09. The molecule has 0 bridgehead atoms. The molecule has 1 amide bonds. The smallest absolute Gasteiger partial charge is 0.257 e. The molecule has 0 radical (unpaired) electrons. The quantitative estimate of drug-likeness (QED) is 0.671. The predicted octanol–water partition coefficient (Wildman–Crippen LogP) is 4.87. The molecule has 3 aromatic rings. The standard InChI is InChI=1S/C22H23ClN4O/c1-3-13-26-21(24-18-12-8-7-11-17(18)22(26)28)19-15(2)25-27(20(19)23)14-16-9-5-4-6-10-16/h4-12,21,24H,3,13-14H2,1-2H3/t21-/m0/s1. The summed E-state index contributed by atoms with van der Waals surface area (Å²) < 4.78 is 1.80. The second kappa shape index (κ2) is 7.68. The fourth-order valence-electron chi connectivity index (χ4n) is 3.73. The lowest BCUT2D eigenvalue weighted by Crippen LogP contribution is -2.43. The van der Waals surface area contributed by atoms with Gasteiger partial charge in [0.2, 0.25) is 0 Å². The molecule has 0 unspecified atom stereocenters. The highest BCUT2D eigenvalue weighted by molar-refractivity contribution is 6.30. The van der Waals surface area contributed by atoms with Gasteiger partial charge in [-0.3, -0.25) is 4.79 Å². The zero-order chi connectivity index (χ0) is 19.7. The van der Waals surface area contributed by atoms with Gasteiger partial charge < -0.3 is 10.2 Å². The van der Waals surface area contributed by atoms with E-state index in [1.165, 1.54) is 0 Å². The number of halogens is 1. The van der Waals surface area contributed by atoms with E-state index in [0.717, 1.165) is 28.9 Å². The molecule has 2 aromatic carbocycles. The number of aryl methyl sites for hydroxylation is 1. The van der Waals surface area contributed by atoms with E-state index >= 15 is 0 Å². The third-order valence-electron chi connectivity index (χ3n) is 5.04. The van der Waals surface area contributed by atoms with Gasteiger partial charge in [-0.25, -0.2) is 4.68 Å². The van der Waals surface area contributed by atoms with Crippen molar-refractivity contribution in [2.75, 3.05) is 11.9 Å². The van der Waals surface area contributed by atoms with Gasteiger partial charge >= 0.3 is 0 Å². The van der Waals surface area contributed by atoms with E-state index in [1.54, 1.807) is 4.68 Å². The minimum atomic E-state index is -0.334. The fourth-order valence-corrected chi connectivity index (χ4v) is 4.07. The van der Waals surface area contributed by atoms with Crippen LogP contribution in [0.15, 0.2) is 54.6 Å². The Bertz CT molecular complexity index is 999. The molecule has 1 N–H and O–H groups in total. The molecule has 0 saturated carbocycles. The normalized spacial score (nSPS) is 16.0. The Morgan fingerprint density at radius 2 is 1.82 bits per heavy atom. The van der Waals surface area contributed by atoms with Crippen LogP contribution < -0.4 is 5.32 Å². The van der Waals surface area contributed by atoms with E-state index in [2.05, 4.69) is 29.5 Å². The van der Waals surface area contributed by atoms with Crippen LogP contribution in [-0.4, -0.2) is 27.1 Å². The molecule has 1 atom stereocenters. The van der Waals surface area contributed by atoms with Crippen LogP contribution in [0.4, 0.5) is 5.69 Å². The van der Waals surface area contributed by atoms with Crippen molar-refractivity contribution >= 4 is 23.2 Å². The first-order chi connectivity index (χ1) is 13.6. The van der Waals surface area contributed by atoms with E-state index < -0.39 is 0 Å². The number of fused-ring (bicyclic) bond motifs is 1. The Balaban J connectivity index is 1.74. The fraction of sp³-hybridized carbons (Fsp3) is 0.273. The van der Waals surface area contributed by atoms with Crippen LogP contribution in [0.25, 0.3) is 0 Å². The minimum Gasteiger partial charge on any atom is -0.361 e. The average Bonchev–Trinajstić information content (AvgIpc) is 2.98. The van der Waals surface area contributed by atoms with Gasteiger partial charge in [0.05, 0.1) is 23.4 Å². The van der Waals surface area contributed by atoms with Crippen LogP contribution in [0.2, 0.25) is 5.15 Å². The van der Waals surface area contributed by atoms with Crippen LogP contribution in [0.3, 0.4) is 0 Å². The number of aromatic nitrogens is 2. The summed E-state index contributed by atoms with van der Waals surface area (Å²) in [7, 11) is 0. The molecule has 0 aliphatic carbocycles. The Morgan fingerprint density at radius 1 is 1.11 bits per heavy atom. The number of anilines is 1. The van der Waals surface area contributed by atoms with E-state index in [4.69, 9.17) is 11.6 Å². The molecule has 0 spiro atoms. The first-order valence-electron chi connectivity index (χ1n) is 9.53. The molecule has 5 nitrogen and oxygen atoms in total. The first-order valence-corrected chi connectivity index (χ1v) is 9.91. The lowest BCUT2D eigenvalue weighted by Gasteiger charge is -2.38. The largest absolute Gasteiger partial charge is 0.361 e. The third kappa shape index (κ3) is 3.27.